The van der Waals surface area contributed by atoms with Gasteiger partial charge in [-0.25, -0.2) is 0 Å². The fourth-order valence-electron chi connectivity index (χ4n) is 2.53. The number of nitrogens with one attached hydrogen (secondary N) is 2. The van der Waals surface area contributed by atoms with Gasteiger partial charge >= 0.3 is 5.97 Å². The second-order valence-corrected chi connectivity index (χ2v) is 6.72. The monoisotopic (exact) mass is 329 g/mol. The molecule has 2 rings (SSSR count). The van der Waals surface area contributed by atoms with Crippen molar-refractivity contribution in [3.8, 4) is 11.3 Å². The molecule has 2 aromatic rings. The van der Waals surface area contributed by atoms with Gasteiger partial charge < -0.3 is 10.4 Å². The number of carbonyl (C=O) groups excluding carboxylic acids is 1. The number of amides is 1. The lowest BCUT2D eigenvalue weighted by molar-refractivity contribution is -0.137. The molecule has 128 valence electrons. The zero-order valence-corrected chi connectivity index (χ0v) is 14.4. The maximum Gasteiger partial charge on any atom is 0.303 e. The summed E-state index contributed by atoms with van der Waals surface area (Å²) >= 11 is 0. The molecule has 6 heteroatoms. The van der Waals surface area contributed by atoms with Gasteiger partial charge in [0, 0.05) is 17.5 Å². The van der Waals surface area contributed by atoms with Crippen molar-refractivity contribution >= 4 is 11.9 Å². The first-order valence-electron chi connectivity index (χ1n) is 7.85. The minimum Gasteiger partial charge on any atom is -0.481 e. The largest absolute Gasteiger partial charge is 0.481 e. The Bertz CT molecular complexity index is 763. The average Bonchev–Trinajstić information content (AvgIpc) is 2.94. The summed E-state index contributed by atoms with van der Waals surface area (Å²) in [7, 11) is 0. The Morgan fingerprint density at radius 1 is 1.25 bits per heavy atom. The molecule has 1 heterocycles. The zero-order valence-electron chi connectivity index (χ0n) is 14.4. The Morgan fingerprint density at radius 3 is 2.58 bits per heavy atom. The second-order valence-electron chi connectivity index (χ2n) is 6.72. The van der Waals surface area contributed by atoms with Crippen LogP contribution in [0.2, 0.25) is 0 Å². The molecule has 0 atom stereocenters. The Morgan fingerprint density at radius 2 is 1.96 bits per heavy atom. The van der Waals surface area contributed by atoms with Crippen molar-refractivity contribution in [3.63, 3.8) is 0 Å². The average molecular weight is 329 g/mol. The van der Waals surface area contributed by atoms with Gasteiger partial charge in [-0.2, -0.15) is 5.10 Å². The molecule has 24 heavy (non-hydrogen) atoms. The van der Waals surface area contributed by atoms with Crippen LogP contribution in [0.15, 0.2) is 24.3 Å². The van der Waals surface area contributed by atoms with E-state index >= 15 is 0 Å². The summed E-state index contributed by atoms with van der Waals surface area (Å²) in [5, 5.41) is 18.6. The Balaban J connectivity index is 2.12. The van der Waals surface area contributed by atoms with Crippen molar-refractivity contribution in [2.75, 3.05) is 0 Å². The highest BCUT2D eigenvalue weighted by molar-refractivity contribution is 5.94. The van der Waals surface area contributed by atoms with E-state index in [1.54, 1.807) is 19.9 Å². The third-order valence-corrected chi connectivity index (χ3v) is 3.90. The SMILES string of the molecule is Cc1ccc(-c2cc(C(=O)NC(C)(C)CCC(=O)O)[nH]n2)c(C)c1. The van der Waals surface area contributed by atoms with E-state index in [4.69, 9.17) is 5.11 Å². The first kappa shape index (κ1) is 17.7. The van der Waals surface area contributed by atoms with Crippen molar-refractivity contribution < 1.29 is 14.7 Å². The number of hydrogen-bond donors (Lipinski definition) is 3. The number of carbonyl (C=O) groups is 2. The maximum atomic E-state index is 12.4. The topological polar surface area (TPSA) is 95.1 Å². The molecule has 3 N–H and O–H groups in total. The Kier molecular flexibility index (Phi) is 5.07. The Labute approximate surface area is 141 Å². The summed E-state index contributed by atoms with van der Waals surface area (Å²) in [4.78, 5) is 23.0. The summed E-state index contributed by atoms with van der Waals surface area (Å²) in [6.07, 6.45) is 0.357. The highest BCUT2D eigenvalue weighted by Crippen LogP contribution is 2.23. The van der Waals surface area contributed by atoms with E-state index in [-0.39, 0.29) is 12.3 Å². The van der Waals surface area contributed by atoms with Gasteiger partial charge in [-0.05, 0) is 45.7 Å². The number of rotatable bonds is 6. The normalized spacial score (nSPS) is 11.3. The molecule has 1 aromatic heterocycles. The van der Waals surface area contributed by atoms with Gasteiger partial charge in [0.25, 0.3) is 5.91 Å². The van der Waals surface area contributed by atoms with Crippen molar-refractivity contribution in [1.82, 2.24) is 15.5 Å². The molecular formula is C18H23N3O3. The number of aromatic amines is 1. The first-order valence-corrected chi connectivity index (χ1v) is 7.85. The molecule has 0 spiro atoms. The summed E-state index contributed by atoms with van der Waals surface area (Å²) in [6, 6.07) is 7.77. The minimum absolute atomic E-state index is 0.00404. The van der Waals surface area contributed by atoms with Crippen LogP contribution in [0.25, 0.3) is 11.3 Å². The smallest absolute Gasteiger partial charge is 0.303 e. The number of aliphatic carboxylic acids is 1. The molecule has 0 saturated heterocycles. The molecule has 1 aromatic carbocycles. The molecule has 0 radical (unpaired) electrons. The predicted octanol–water partition coefficient (Wildman–Crippen LogP) is 3.07. The summed E-state index contributed by atoms with van der Waals surface area (Å²) < 4.78 is 0. The minimum atomic E-state index is -0.879. The molecule has 0 fully saturated rings. The van der Waals surface area contributed by atoms with Crippen LogP contribution in [0.5, 0.6) is 0 Å². The van der Waals surface area contributed by atoms with Crippen molar-refractivity contribution in [2.24, 2.45) is 0 Å². The molecule has 0 aliphatic rings. The third kappa shape index (κ3) is 4.44. The van der Waals surface area contributed by atoms with Gasteiger partial charge in [0.2, 0.25) is 0 Å². The van der Waals surface area contributed by atoms with E-state index in [0.29, 0.717) is 17.8 Å². The molecule has 0 bridgehead atoms. The van der Waals surface area contributed by atoms with E-state index in [1.807, 2.05) is 26.0 Å². The van der Waals surface area contributed by atoms with E-state index in [2.05, 4.69) is 21.6 Å². The predicted molar refractivity (Wildman–Crippen MR) is 91.9 cm³/mol. The number of aryl methyl sites for hydroxylation is 2. The molecular weight excluding hydrogens is 306 g/mol. The number of H-pyrrole nitrogens is 1. The molecule has 6 nitrogen and oxygen atoms in total. The summed E-state index contributed by atoms with van der Waals surface area (Å²) in [5.74, 6) is -1.18. The second kappa shape index (κ2) is 6.86. The van der Waals surface area contributed by atoms with Crippen LogP contribution in [0.1, 0.15) is 48.3 Å². The van der Waals surface area contributed by atoms with Gasteiger partial charge in [-0.1, -0.05) is 23.8 Å². The van der Waals surface area contributed by atoms with Crippen LogP contribution in [-0.4, -0.2) is 32.7 Å². The van der Waals surface area contributed by atoms with E-state index in [0.717, 1.165) is 11.1 Å². The van der Waals surface area contributed by atoms with Gasteiger partial charge in [-0.15, -0.1) is 0 Å². The Hall–Kier alpha value is -2.63. The van der Waals surface area contributed by atoms with Crippen LogP contribution >= 0.6 is 0 Å². The highest BCUT2D eigenvalue weighted by atomic mass is 16.4. The third-order valence-electron chi connectivity index (χ3n) is 3.90. The molecule has 0 aliphatic carbocycles. The zero-order chi connectivity index (χ0) is 17.9. The number of benzene rings is 1. The molecule has 1 amide bonds. The summed E-state index contributed by atoms with van der Waals surface area (Å²) in [6.45, 7) is 7.63. The van der Waals surface area contributed by atoms with Gasteiger partial charge in [0.1, 0.15) is 5.69 Å². The standard InChI is InChI=1S/C18H23N3O3/c1-11-5-6-13(12(2)9-11)14-10-15(21-20-14)17(24)19-18(3,4)8-7-16(22)23/h5-6,9-10H,7-8H2,1-4H3,(H,19,24)(H,20,21)(H,22,23). The first-order chi connectivity index (χ1) is 11.2. The number of carboxylic acid groups (broad SMARTS) is 1. The lowest BCUT2D eigenvalue weighted by Gasteiger charge is -2.25. The molecule has 0 aliphatic heterocycles. The fourth-order valence-corrected chi connectivity index (χ4v) is 2.53. The number of carboxylic acids is 1. The van der Waals surface area contributed by atoms with Crippen LogP contribution in [0, 0.1) is 13.8 Å². The van der Waals surface area contributed by atoms with Gasteiger partial charge in [0.15, 0.2) is 0 Å². The lowest BCUT2D eigenvalue weighted by atomic mass is 9.98. The van der Waals surface area contributed by atoms with E-state index < -0.39 is 11.5 Å². The van der Waals surface area contributed by atoms with Crippen molar-refractivity contribution in [2.45, 2.75) is 46.1 Å². The van der Waals surface area contributed by atoms with E-state index in [1.165, 1.54) is 5.56 Å². The van der Waals surface area contributed by atoms with Crippen LogP contribution in [-0.2, 0) is 4.79 Å². The lowest BCUT2D eigenvalue weighted by Crippen LogP contribution is -2.43. The fraction of sp³-hybridized carbons (Fsp3) is 0.389. The van der Waals surface area contributed by atoms with Crippen molar-refractivity contribution in [1.29, 1.82) is 0 Å². The summed E-state index contributed by atoms with van der Waals surface area (Å²) in [5.41, 5.74) is 3.69. The highest BCUT2D eigenvalue weighted by Gasteiger charge is 2.23. The van der Waals surface area contributed by atoms with Crippen LogP contribution < -0.4 is 5.32 Å². The molecule has 0 saturated carbocycles. The molecule has 0 unspecified atom stereocenters. The number of aromatic nitrogens is 2. The van der Waals surface area contributed by atoms with Gasteiger partial charge in [-0.3, -0.25) is 14.7 Å². The maximum absolute atomic E-state index is 12.4. The van der Waals surface area contributed by atoms with Crippen LogP contribution in [0.3, 0.4) is 0 Å². The van der Waals surface area contributed by atoms with Gasteiger partial charge in [0.05, 0.1) is 5.69 Å². The number of hydrogen-bond acceptors (Lipinski definition) is 3. The quantitative estimate of drug-likeness (QED) is 0.759. The van der Waals surface area contributed by atoms with Crippen LogP contribution in [0.4, 0.5) is 0 Å². The van der Waals surface area contributed by atoms with E-state index in [9.17, 15) is 9.59 Å². The van der Waals surface area contributed by atoms with Crippen molar-refractivity contribution in [3.05, 3.63) is 41.1 Å². The number of nitrogens with zero attached hydrogens (tertiary/aromatic N) is 1.